The molecule has 12 rings (SSSR count). The lowest BCUT2D eigenvalue weighted by molar-refractivity contribution is 0.332. The second-order valence-corrected chi connectivity index (χ2v) is 24.7. The number of nitrogens with zero attached hydrogens (tertiary/aromatic N) is 2. The van der Waals surface area contributed by atoms with Crippen molar-refractivity contribution in [3.63, 3.8) is 0 Å². The number of hydrogen-bond acceptors (Lipinski definition) is 4. The fourth-order valence-corrected chi connectivity index (χ4v) is 13.6. The van der Waals surface area contributed by atoms with Crippen molar-refractivity contribution < 1.29 is 4.42 Å². The molecule has 322 valence electrons. The molecule has 0 radical (unpaired) electrons. The van der Waals surface area contributed by atoms with E-state index in [0.29, 0.717) is 0 Å². The third-order valence-electron chi connectivity index (χ3n) is 16.4. The average molecular weight is 857 g/mol. The number of aryl methyl sites for hydroxylation is 1. The van der Waals surface area contributed by atoms with Gasteiger partial charge >= 0.3 is 0 Å². The molecule has 0 spiro atoms. The molecule has 3 nitrogen and oxygen atoms in total. The molecule has 6 aromatic carbocycles. The summed E-state index contributed by atoms with van der Waals surface area (Å²) in [5, 5.41) is 3.64. The van der Waals surface area contributed by atoms with E-state index in [2.05, 4.69) is 196 Å². The normalized spacial score (nSPS) is 18.8. The molecule has 0 bridgehead atoms. The van der Waals surface area contributed by atoms with E-state index in [1.165, 1.54) is 119 Å². The van der Waals surface area contributed by atoms with Gasteiger partial charge in [0.15, 0.2) is 0 Å². The van der Waals surface area contributed by atoms with Crippen molar-refractivity contribution in [1.82, 2.24) is 0 Å². The predicted molar refractivity (Wildman–Crippen MR) is 277 cm³/mol. The number of anilines is 6. The van der Waals surface area contributed by atoms with Gasteiger partial charge in [0.05, 0.1) is 16.8 Å². The van der Waals surface area contributed by atoms with Crippen LogP contribution in [0.3, 0.4) is 0 Å². The molecule has 0 saturated heterocycles. The van der Waals surface area contributed by atoms with E-state index in [1.54, 1.807) is 0 Å². The Morgan fingerprint density at radius 1 is 0.562 bits per heavy atom. The highest BCUT2D eigenvalue weighted by atomic mass is 32.1. The van der Waals surface area contributed by atoms with Gasteiger partial charge in [0.2, 0.25) is 0 Å². The Hall–Kier alpha value is -5.26. The standard InChI is InChI=1S/C59H61BN2OS/c1-34-28-46-52-47(29-34)62(44-17-15-19-49-51(44)37-16-13-14-18-48(37)63-49)53-38-30-35(55(2,3)4)20-23-50(38)64-54(53)60(52)43-32-41-42(59(11,12)27-26-58(41,9)10)33-45(43)61(46)36-21-22-39-40(31-36)57(7,8)25-24-56(39,5)6/h13-23,28-33H,24-27H2,1-12H3. The minimum atomic E-state index is -0.00100. The largest absolute Gasteiger partial charge is 0.456 e. The van der Waals surface area contributed by atoms with Gasteiger partial charge in [0.25, 0.3) is 6.71 Å². The van der Waals surface area contributed by atoms with Gasteiger partial charge in [-0.1, -0.05) is 119 Å². The van der Waals surface area contributed by atoms with Crippen molar-refractivity contribution in [3.8, 4) is 0 Å². The number of para-hydroxylation sites is 1. The highest BCUT2D eigenvalue weighted by Gasteiger charge is 2.49. The smallest absolute Gasteiger partial charge is 0.264 e. The van der Waals surface area contributed by atoms with Crippen LogP contribution >= 0.6 is 11.3 Å². The average Bonchev–Trinajstić information content (AvgIpc) is 3.82. The maximum absolute atomic E-state index is 6.65. The number of rotatable bonds is 2. The molecule has 0 saturated carbocycles. The van der Waals surface area contributed by atoms with Gasteiger partial charge in [0.1, 0.15) is 11.2 Å². The molecule has 0 unspecified atom stereocenters. The zero-order valence-electron chi connectivity index (χ0n) is 39.9. The molecule has 0 fully saturated rings. The molecule has 5 heteroatoms. The first kappa shape index (κ1) is 40.3. The molecule has 8 aromatic rings. The van der Waals surface area contributed by atoms with Crippen LogP contribution in [0.25, 0.3) is 32.0 Å². The molecule has 2 aliphatic heterocycles. The fourth-order valence-electron chi connectivity index (χ4n) is 12.3. The van der Waals surface area contributed by atoms with E-state index in [0.717, 1.165) is 21.9 Å². The third kappa shape index (κ3) is 5.58. The molecule has 64 heavy (non-hydrogen) atoms. The minimum absolute atomic E-state index is 0.00100. The first-order chi connectivity index (χ1) is 30.2. The van der Waals surface area contributed by atoms with Crippen LogP contribution in [0.15, 0.2) is 108 Å². The van der Waals surface area contributed by atoms with Gasteiger partial charge in [0, 0.05) is 43.0 Å². The van der Waals surface area contributed by atoms with E-state index in [1.807, 2.05) is 11.3 Å². The number of furan rings is 1. The monoisotopic (exact) mass is 856 g/mol. The van der Waals surface area contributed by atoms with E-state index in [4.69, 9.17) is 4.42 Å². The number of benzene rings is 6. The third-order valence-corrected chi connectivity index (χ3v) is 17.6. The highest BCUT2D eigenvalue weighted by molar-refractivity contribution is 7.33. The summed E-state index contributed by atoms with van der Waals surface area (Å²) in [6.45, 7) is 29.1. The van der Waals surface area contributed by atoms with Crippen LogP contribution in [-0.2, 0) is 27.1 Å². The van der Waals surface area contributed by atoms with Crippen LogP contribution < -0.4 is 25.5 Å². The summed E-state index contributed by atoms with van der Waals surface area (Å²) >= 11 is 2.00. The lowest BCUT2D eigenvalue weighted by Gasteiger charge is -2.47. The Kier molecular flexibility index (Phi) is 8.16. The van der Waals surface area contributed by atoms with E-state index in [9.17, 15) is 0 Å². The van der Waals surface area contributed by atoms with Crippen LogP contribution in [0.2, 0.25) is 0 Å². The Morgan fingerprint density at radius 3 is 1.89 bits per heavy atom. The van der Waals surface area contributed by atoms with Crippen molar-refractivity contribution in [2.45, 2.75) is 136 Å². The van der Waals surface area contributed by atoms with Gasteiger partial charge in [-0.2, -0.15) is 0 Å². The first-order valence-electron chi connectivity index (χ1n) is 23.8. The SMILES string of the molecule is Cc1cc2c3c(c1)N(c1cccc4oc5ccccc5c14)c1c(sc4ccc(C(C)(C)C)cc14)B3c1cc3c(cc1N2c1ccc2c(c1)C(C)(C)CCC2(C)C)C(C)(C)CCC3(C)C. The molecule has 4 aliphatic rings. The number of thiophene rings is 1. The van der Waals surface area contributed by atoms with E-state index < -0.39 is 0 Å². The molecule has 0 atom stereocenters. The summed E-state index contributed by atoms with van der Waals surface area (Å²) in [5.41, 5.74) is 21.2. The second-order valence-electron chi connectivity index (χ2n) is 23.6. The Balaban J connectivity index is 1.23. The Morgan fingerprint density at radius 2 is 1.19 bits per heavy atom. The van der Waals surface area contributed by atoms with Crippen molar-refractivity contribution in [2.24, 2.45) is 0 Å². The van der Waals surface area contributed by atoms with E-state index >= 15 is 0 Å². The van der Waals surface area contributed by atoms with Gasteiger partial charge in [-0.05, 0) is 165 Å². The van der Waals surface area contributed by atoms with Gasteiger partial charge in [-0.15, -0.1) is 11.3 Å². The Labute approximate surface area is 384 Å². The Bertz CT molecular complexity index is 3310. The lowest BCUT2D eigenvalue weighted by atomic mass is 9.35. The van der Waals surface area contributed by atoms with Gasteiger partial charge in [-0.25, -0.2) is 0 Å². The van der Waals surface area contributed by atoms with E-state index in [-0.39, 0.29) is 33.8 Å². The molecular formula is C59H61BN2OS. The molecular weight excluding hydrogens is 796 g/mol. The quantitative estimate of drug-likeness (QED) is 0.162. The van der Waals surface area contributed by atoms with Crippen LogP contribution in [0.5, 0.6) is 0 Å². The predicted octanol–water partition coefficient (Wildman–Crippen LogP) is 15.2. The number of hydrogen-bond donors (Lipinski definition) is 0. The first-order valence-corrected chi connectivity index (χ1v) is 24.6. The van der Waals surface area contributed by atoms with Crippen molar-refractivity contribution in [3.05, 3.63) is 137 Å². The zero-order chi connectivity index (χ0) is 44.6. The summed E-state index contributed by atoms with van der Waals surface area (Å²) in [7, 11) is 0. The van der Waals surface area contributed by atoms with Crippen LogP contribution in [-0.4, -0.2) is 6.71 Å². The van der Waals surface area contributed by atoms with Crippen LogP contribution in [0.1, 0.15) is 135 Å². The molecule has 0 amide bonds. The minimum Gasteiger partial charge on any atom is -0.456 e. The topological polar surface area (TPSA) is 19.6 Å². The zero-order valence-corrected chi connectivity index (χ0v) is 40.7. The van der Waals surface area contributed by atoms with Crippen molar-refractivity contribution in [2.75, 3.05) is 9.80 Å². The maximum Gasteiger partial charge on any atom is 0.264 e. The van der Waals surface area contributed by atoms with Gasteiger partial charge in [-0.3, -0.25) is 0 Å². The summed E-state index contributed by atoms with van der Waals surface area (Å²) in [6.07, 6.45) is 4.74. The summed E-state index contributed by atoms with van der Waals surface area (Å²) in [4.78, 5) is 5.34. The number of fused-ring (bicyclic) bond motifs is 11. The highest BCUT2D eigenvalue weighted by Crippen LogP contribution is 2.55. The fraction of sp³-hybridized carbons (Fsp3) is 0.356. The maximum atomic E-state index is 6.65. The molecule has 4 heterocycles. The second kappa shape index (κ2) is 13.0. The molecule has 2 aromatic heterocycles. The lowest BCUT2D eigenvalue weighted by Crippen LogP contribution is -2.61. The van der Waals surface area contributed by atoms with Gasteiger partial charge < -0.3 is 14.2 Å². The van der Waals surface area contributed by atoms with Crippen LogP contribution in [0.4, 0.5) is 34.1 Å². The summed E-state index contributed by atoms with van der Waals surface area (Å²) in [5.74, 6) is 0. The molecule has 2 aliphatic carbocycles. The molecule has 0 N–H and O–H groups in total. The summed E-state index contributed by atoms with van der Waals surface area (Å²) in [6, 6.07) is 40.4. The van der Waals surface area contributed by atoms with Crippen molar-refractivity contribution >= 4 is 99.9 Å². The van der Waals surface area contributed by atoms with Crippen LogP contribution in [0, 0.1) is 6.92 Å². The van der Waals surface area contributed by atoms with Crippen molar-refractivity contribution in [1.29, 1.82) is 0 Å². The summed E-state index contributed by atoms with van der Waals surface area (Å²) < 4.78 is 9.40.